The van der Waals surface area contributed by atoms with Crippen molar-refractivity contribution < 1.29 is 14.4 Å². The zero-order valence-electron chi connectivity index (χ0n) is 16.6. The lowest BCUT2D eigenvalue weighted by atomic mass is 9.72. The second-order valence-corrected chi connectivity index (χ2v) is 8.72. The molecule has 3 aliphatic heterocycles. The van der Waals surface area contributed by atoms with Gasteiger partial charge in [0, 0.05) is 31.8 Å². The number of fused-ring (bicyclic) bond motifs is 4. The van der Waals surface area contributed by atoms with E-state index in [0.717, 1.165) is 16.8 Å². The van der Waals surface area contributed by atoms with Crippen LogP contribution in [0, 0.1) is 0 Å². The summed E-state index contributed by atoms with van der Waals surface area (Å²) >= 11 is 6.74. The standard InChI is InChI=1S/C22H21ClN4O3/c1-24-16(28)10-22(23)14-8-5-7-13(18(14)26-20(22)30)21-11-17(29)27(2)19(21)25-15-9-4-3-6-12(15)21/h3-9,19,25H,10-11H2,1-2H3,(H,24,28)(H,26,30)/t19-,21-,22?/m1/s1. The summed E-state index contributed by atoms with van der Waals surface area (Å²) < 4.78 is 0. The molecule has 3 N–H and O–H groups in total. The number of hydrogen-bond acceptors (Lipinski definition) is 4. The van der Waals surface area contributed by atoms with Crippen molar-refractivity contribution in [3.63, 3.8) is 0 Å². The lowest BCUT2D eigenvalue weighted by Crippen LogP contribution is -2.43. The Morgan fingerprint density at radius 2 is 1.87 bits per heavy atom. The highest BCUT2D eigenvalue weighted by molar-refractivity contribution is 6.40. The number of halogens is 1. The molecule has 0 saturated carbocycles. The Labute approximate surface area is 178 Å². The summed E-state index contributed by atoms with van der Waals surface area (Å²) in [6.45, 7) is 0. The van der Waals surface area contributed by atoms with E-state index in [-0.39, 0.29) is 30.8 Å². The van der Waals surface area contributed by atoms with Crippen molar-refractivity contribution in [2.45, 2.75) is 29.3 Å². The molecule has 154 valence electrons. The Morgan fingerprint density at radius 1 is 1.17 bits per heavy atom. The molecule has 0 radical (unpaired) electrons. The van der Waals surface area contributed by atoms with Crippen LogP contribution in [0.25, 0.3) is 0 Å². The molecule has 7 nitrogen and oxygen atoms in total. The first kappa shape index (κ1) is 18.9. The first-order chi connectivity index (χ1) is 14.3. The maximum atomic E-state index is 12.9. The van der Waals surface area contributed by atoms with Gasteiger partial charge in [0.15, 0.2) is 4.87 Å². The summed E-state index contributed by atoms with van der Waals surface area (Å²) in [5.41, 5.74) is 3.28. The van der Waals surface area contributed by atoms with Crippen LogP contribution in [0.5, 0.6) is 0 Å². The van der Waals surface area contributed by atoms with Crippen LogP contribution >= 0.6 is 11.6 Å². The molecular formula is C22H21ClN4O3. The fourth-order valence-corrected chi connectivity index (χ4v) is 5.47. The number of likely N-dealkylation sites (N-methyl/N-ethyl adjacent to an activating group) is 1. The highest BCUT2D eigenvalue weighted by atomic mass is 35.5. The zero-order chi connectivity index (χ0) is 21.3. The molecule has 1 unspecified atom stereocenters. The minimum Gasteiger partial charge on any atom is -0.364 e. The lowest BCUT2D eigenvalue weighted by molar-refractivity contribution is -0.127. The molecule has 30 heavy (non-hydrogen) atoms. The Morgan fingerprint density at radius 3 is 2.63 bits per heavy atom. The molecule has 3 atom stereocenters. The molecule has 5 rings (SSSR count). The Hall–Kier alpha value is -3.06. The summed E-state index contributed by atoms with van der Waals surface area (Å²) in [4.78, 5) is 38.0. The second kappa shape index (κ2) is 6.22. The fraction of sp³-hybridized carbons (Fsp3) is 0.318. The molecule has 0 aliphatic carbocycles. The van der Waals surface area contributed by atoms with Gasteiger partial charge in [-0.3, -0.25) is 14.4 Å². The van der Waals surface area contributed by atoms with Gasteiger partial charge in [0.05, 0.1) is 17.5 Å². The fourth-order valence-electron chi connectivity index (χ4n) is 5.14. The number of amides is 3. The van der Waals surface area contributed by atoms with Crippen LogP contribution in [0.1, 0.15) is 29.5 Å². The van der Waals surface area contributed by atoms with Crippen molar-refractivity contribution in [1.29, 1.82) is 0 Å². The minimum atomic E-state index is -1.49. The Kier molecular flexibility index (Phi) is 3.92. The number of hydrogen-bond donors (Lipinski definition) is 3. The number of para-hydroxylation sites is 2. The van der Waals surface area contributed by atoms with E-state index in [2.05, 4.69) is 16.0 Å². The average Bonchev–Trinajstić information content (AvgIpc) is 3.29. The van der Waals surface area contributed by atoms with E-state index in [1.807, 2.05) is 36.4 Å². The van der Waals surface area contributed by atoms with E-state index < -0.39 is 16.2 Å². The number of nitrogens with zero attached hydrogens (tertiary/aromatic N) is 1. The molecule has 0 spiro atoms. The third-order valence-corrected chi connectivity index (χ3v) is 7.14. The third kappa shape index (κ3) is 2.24. The van der Waals surface area contributed by atoms with Gasteiger partial charge in [-0.05, 0) is 17.2 Å². The second-order valence-electron chi connectivity index (χ2n) is 8.08. The first-order valence-electron chi connectivity index (χ1n) is 9.79. The number of carbonyl (C=O) groups is 3. The van der Waals surface area contributed by atoms with Gasteiger partial charge in [-0.1, -0.05) is 36.4 Å². The molecule has 2 aromatic carbocycles. The van der Waals surface area contributed by atoms with Gasteiger partial charge >= 0.3 is 0 Å². The van der Waals surface area contributed by atoms with Crippen LogP contribution < -0.4 is 16.0 Å². The molecular weight excluding hydrogens is 404 g/mol. The van der Waals surface area contributed by atoms with Crippen LogP contribution in [-0.2, 0) is 24.7 Å². The van der Waals surface area contributed by atoms with Gasteiger partial charge < -0.3 is 20.9 Å². The normalized spacial score (nSPS) is 28.5. The lowest BCUT2D eigenvalue weighted by Gasteiger charge is -2.32. The van der Waals surface area contributed by atoms with Crippen LogP contribution in [0.2, 0.25) is 0 Å². The number of rotatable bonds is 3. The Balaban J connectivity index is 1.73. The number of nitrogens with one attached hydrogen (secondary N) is 3. The third-order valence-electron chi connectivity index (χ3n) is 6.63. The number of alkyl halides is 1. The van der Waals surface area contributed by atoms with Crippen molar-refractivity contribution in [3.05, 3.63) is 59.2 Å². The van der Waals surface area contributed by atoms with Gasteiger partial charge in [0.2, 0.25) is 11.8 Å². The molecule has 0 bridgehead atoms. The SMILES string of the molecule is CNC(=O)CC1(Cl)C(=O)Nc2c1cccc2[C@]12CC(=O)N(C)[C@H]1Nc1ccccc12. The number of anilines is 2. The summed E-state index contributed by atoms with van der Waals surface area (Å²) in [6, 6.07) is 13.5. The number of likely N-dealkylation sites (tertiary alicyclic amines) is 1. The smallest absolute Gasteiger partial charge is 0.250 e. The largest absolute Gasteiger partial charge is 0.364 e. The van der Waals surface area contributed by atoms with Gasteiger partial charge in [-0.2, -0.15) is 0 Å². The summed E-state index contributed by atoms with van der Waals surface area (Å²) in [5, 5.41) is 8.93. The maximum absolute atomic E-state index is 12.9. The van der Waals surface area contributed by atoms with E-state index in [9.17, 15) is 14.4 Å². The van der Waals surface area contributed by atoms with Crippen molar-refractivity contribution in [2.24, 2.45) is 0 Å². The molecule has 8 heteroatoms. The number of carbonyl (C=O) groups excluding carboxylic acids is 3. The zero-order valence-corrected chi connectivity index (χ0v) is 17.3. The van der Waals surface area contributed by atoms with Gasteiger partial charge in [0.25, 0.3) is 5.91 Å². The van der Waals surface area contributed by atoms with Crippen molar-refractivity contribution in [2.75, 3.05) is 24.7 Å². The topological polar surface area (TPSA) is 90.5 Å². The average molecular weight is 425 g/mol. The monoisotopic (exact) mass is 424 g/mol. The maximum Gasteiger partial charge on any atom is 0.250 e. The van der Waals surface area contributed by atoms with Crippen LogP contribution in [-0.4, -0.2) is 42.9 Å². The van der Waals surface area contributed by atoms with E-state index in [1.165, 1.54) is 7.05 Å². The molecule has 0 aromatic heterocycles. The van der Waals surface area contributed by atoms with Crippen LogP contribution in [0.3, 0.4) is 0 Å². The molecule has 3 amide bonds. The van der Waals surface area contributed by atoms with E-state index in [4.69, 9.17) is 11.6 Å². The molecule has 3 aliphatic rings. The highest BCUT2D eigenvalue weighted by Gasteiger charge is 2.59. The van der Waals surface area contributed by atoms with Crippen molar-refractivity contribution in [1.82, 2.24) is 10.2 Å². The highest BCUT2D eigenvalue weighted by Crippen LogP contribution is 2.57. The van der Waals surface area contributed by atoms with E-state index in [0.29, 0.717) is 11.3 Å². The van der Waals surface area contributed by atoms with Gasteiger partial charge in [-0.15, -0.1) is 11.6 Å². The summed E-state index contributed by atoms with van der Waals surface area (Å²) in [7, 11) is 3.30. The predicted octanol–water partition coefficient (Wildman–Crippen LogP) is 2.11. The van der Waals surface area contributed by atoms with Crippen LogP contribution in [0.4, 0.5) is 11.4 Å². The predicted molar refractivity (Wildman–Crippen MR) is 113 cm³/mol. The van der Waals surface area contributed by atoms with Crippen molar-refractivity contribution >= 4 is 40.7 Å². The van der Waals surface area contributed by atoms with Crippen LogP contribution in [0.15, 0.2) is 42.5 Å². The minimum absolute atomic E-state index is 0.0198. The summed E-state index contributed by atoms with van der Waals surface area (Å²) in [5.74, 6) is -0.732. The first-order valence-corrected chi connectivity index (χ1v) is 10.2. The van der Waals surface area contributed by atoms with Gasteiger partial charge in [0.1, 0.15) is 6.17 Å². The number of benzene rings is 2. The molecule has 1 fully saturated rings. The molecule has 1 saturated heterocycles. The van der Waals surface area contributed by atoms with E-state index >= 15 is 0 Å². The van der Waals surface area contributed by atoms with Crippen molar-refractivity contribution in [3.8, 4) is 0 Å². The molecule has 2 aromatic rings. The van der Waals surface area contributed by atoms with E-state index in [1.54, 1.807) is 18.0 Å². The summed E-state index contributed by atoms with van der Waals surface area (Å²) in [6.07, 6.45) is -0.178. The quantitative estimate of drug-likeness (QED) is 0.658. The Bertz CT molecular complexity index is 1120. The molecule has 3 heterocycles. The van der Waals surface area contributed by atoms with Gasteiger partial charge in [-0.25, -0.2) is 0 Å².